The summed E-state index contributed by atoms with van der Waals surface area (Å²) in [5, 5.41) is 3.17. The van der Waals surface area contributed by atoms with Gasteiger partial charge in [-0.1, -0.05) is 58.4 Å². The summed E-state index contributed by atoms with van der Waals surface area (Å²) in [6.45, 7) is 0. The molecule has 1 unspecified atom stereocenters. The van der Waals surface area contributed by atoms with Crippen LogP contribution in [0.5, 0.6) is 0 Å². The lowest BCUT2D eigenvalue weighted by molar-refractivity contribution is 0.718. The molecular weight excluding hydrogens is 344 g/mol. The van der Waals surface area contributed by atoms with E-state index in [0.717, 1.165) is 32.7 Å². The van der Waals surface area contributed by atoms with Gasteiger partial charge in [-0.15, -0.1) is 11.3 Å². The van der Waals surface area contributed by atoms with Crippen molar-refractivity contribution in [1.82, 2.24) is 4.98 Å². The number of aromatic nitrogens is 1. The van der Waals surface area contributed by atoms with Gasteiger partial charge in [0.25, 0.3) is 0 Å². The van der Waals surface area contributed by atoms with E-state index >= 15 is 0 Å². The molecule has 0 saturated heterocycles. The van der Waals surface area contributed by atoms with Crippen LogP contribution < -0.4 is 5.73 Å². The Morgan fingerprint density at radius 2 is 1.90 bits per heavy atom. The average molecular weight is 359 g/mol. The predicted molar refractivity (Wildman–Crippen MR) is 92.3 cm³/mol. The highest BCUT2D eigenvalue weighted by molar-refractivity contribution is 9.10. The number of halogens is 1. The molecule has 0 bridgehead atoms. The largest absolute Gasteiger partial charge is 0.324 e. The molecule has 2 aromatic carbocycles. The fourth-order valence-electron chi connectivity index (χ4n) is 2.19. The molecular formula is C17H15BrN2S. The highest BCUT2D eigenvalue weighted by Gasteiger charge is 2.11. The quantitative estimate of drug-likeness (QED) is 0.726. The van der Waals surface area contributed by atoms with Crippen molar-refractivity contribution in [1.29, 1.82) is 0 Å². The second-order valence-electron chi connectivity index (χ2n) is 4.86. The first-order valence-electron chi connectivity index (χ1n) is 6.73. The van der Waals surface area contributed by atoms with E-state index in [-0.39, 0.29) is 6.04 Å². The molecule has 2 N–H and O–H groups in total. The van der Waals surface area contributed by atoms with E-state index in [2.05, 4.69) is 45.6 Å². The van der Waals surface area contributed by atoms with Crippen molar-refractivity contribution in [3.8, 4) is 11.3 Å². The summed E-state index contributed by atoms with van der Waals surface area (Å²) >= 11 is 5.15. The summed E-state index contributed by atoms with van der Waals surface area (Å²) in [5.74, 6) is 0. The smallest absolute Gasteiger partial charge is 0.0951 e. The van der Waals surface area contributed by atoms with Crippen LogP contribution in [0.15, 0.2) is 64.5 Å². The van der Waals surface area contributed by atoms with E-state index in [0.29, 0.717) is 0 Å². The molecule has 1 aromatic heterocycles. The second-order valence-corrected chi connectivity index (χ2v) is 6.72. The van der Waals surface area contributed by atoms with Crippen LogP contribution in [0.1, 0.15) is 16.6 Å². The van der Waals surface area contributed by atoms with Gasteiger partial charge in [-0.3, -0.25) is 0 Å². The van der Waals surface area contributed by atoms with E-state index in [1.165, 1.54) is 0 Å². The Bertz CT molecular complexity index is 724. The minimum Gasteiger partial charge on any atom is -0.324 e. The molecule has 0 aliphatic carbocycles. The summed E-state index contributed by atoms with van der Waals surface area (Å²) in [6.07, 6.45) is 0.758. The lowest BCUT2D eigenvalue weighted by Gasteiger charge is -2.10. The molecule has 0 saturated carbocycles. The Balaban J connectivity index is 1.75. The Hall–Kier alpha value is -1.49. The summed E-state index contributed by atoms with van der Waals surface area (Å²) in [4.78, 5) is 4.70. The topological polar surface area (TPSA) is 38.9 Å². The molecule has 1 heterocycles. The summed E-state index contributed by atoms with van der Waals surface area (Å²) in [6, 6.07) is 18.3. The van der Waals surface area contributed by atoms with Crippen LogP contribution in [0, 0.1) is 0 Å². The first-order valence-corrected chi connectivity index (χ1v) is 8.40. The molecule has 0 radical (unpaired) electrons. The van der Waals surface area contributed by atoms with Gasteiger partial charge in [-0.2, -0.15) is 0 Å². The Labute approximate surface area is 136 Å². The van der Waals surface area contributed by atoms with Gasteiger partial charge in [-0.25, -0.2) is 4.98 Å². The monoisotopic (exact) mass is 358 g/mol. The van der Waals surface area contributed by atoms with Gasteiger partial charge in [0.05, 0.1) is 10.7 Å². The second kappa shape index (κ2) is 6.52. The highest BCUT2D eigenvalue weighted by atomic mass is 79.9. The van der Waals surface area contributed by atoms with Crippen molar-refractivity contribution in [2.24, 2.45) is 5.73 Å². The zero-order chi connectivity index (χ0) is 14.7. The standard InChI is InChI=1S/C17H15BrN2S/c18-14-8-4-7-13(9-14)15(19)10-17-20-16(11-21-17)12-5-2-1-3-6-12/h1-9,11,15H,10,19H2. The number of benzene rings is 2. The number of hydrogen-bond acceptors (Lipinski definition) is 3. The summed E-state index contributed by atoms with van der Waals surface area (Å²) in [7, 11) is 0. The van der Waals surface area contributed by atoms with Crippen molar-refractivity contribution in [2.45, 2.75) is 12.5 Å². The normalized spacial score (nSPS) is 12.3. The van der Waals surface area contributed by atoms with Crippen LogP contribution >= 0.6 is 27.3 Å². The molecule has 3 aromatic rings. The zero-order valence-corrected chi connectivity index (χ0v) is 13.8. The summed E-state index contributed by atoms with van der Waals surface area (Å²) in [5.41, 5.74) is 9.59. The SMILES string of the molecule is NC(Cc1nc(-c2ccccc2)cs1)c1cccc(Br)c1. The van der Waals surface area contributed by atoms with Gasteiger partial charge in [0.2, 0.25) is 0 Å². The van der Waals surface area contributed by atoms with Gasteiger partial charge < -0.3 is 5.73 Å². The van der Waals surface area contributed by atoms with Gasteiger partial charge in [-0.05, 0) is 17.7 Å². The average Bonchev–Trinajstić information content (AvgIpc) is 2.97. The zero-order valence-electron chi connectivity index (χ0n) is 11.4. The number of hydrogen-bond donors (Lipinski definition) is 1. The van der Waals surface area contributed by atoms with Crippen molar-refractivity contribution in [2.75, 3.05) is 0 Å². The summed E-state index contributed by atoms with van der Waals surface area (Å²) < 4.78 is 1.06. The molecule has 0 spiro atoms. The molecule has 3 rings (SSSR count). The highest BCUT2D eigenvalue weighted by Crippen LogP contribution is 2.25. The molecule has 106 valence electrons. The van der Waals surface area contributed by atoms with Crippen molar-refractivity contribution in [3.63, 3.8) is 0 Å². The fraction of sp³-hybridized carbons (Fsp3) is 0.118. The Morgan fingerprint density at radius 1 is 1.10 bits per heavy atom. The van der Waals surface area contributed by atoms with Crippen LogP contribution in [-0.4, -0.2) is 4.98 Å². The van der Waals surface area contributed by atoms with E-state index in [1.807, 2.05) is 30.3 Å². The first-order chi connectivity index (χ1) is 10.2. The third-order valence-corrected chi connectivity index (χ3v) is 4.66. The minimum absolute atomic E-state index is 0.0303. The molecule has 0 aliphatic heterocycles. The lowest BCUT2D eigenvalue weighted by atomic mass is 10.1. The molecule has 1 atom stereocenters. The maximum absolute atomic E-state index is 6.29. The fourth-order valence-corrected chi connectivity index (χ4v) is 3.47. The van der Waals surface area contributed by atoms with Crippen molar-refractivity contribution in [3.05, 3.63) is 75.0 Å². The van der Waals surface area contributed by atoms with Crippen molar-refractivity contribution < 1.29 is 0 Å². The van der Waals surface area contributed by atoms with E-state index in [1.54, 1.807) is 11.3 Å². The van der Waals surface area contributed by atoms with Crippen LogP contribution in [0.4, 0.5) is 0 Å². The maximum Gasteiger partial charge on any atom is 0.0951 e. The van der Waals surface area contributed by atoms with Gasteiger partial charge in [0.1, 0.15) is 0 Å². The molecule has 0 fully saturated rings. The first kappa shape index (κ1) is 14.4. The van der Waals surface area contributed by atoms with E-state index in [4.69, 9.17) is 10.7 Å². The molecule has 0 aliphatic rings. The van der Waals surface area contributed by atoms with Crippen LogP contribution in [0.3, 0.4) is 0 Å². The van der Waals surface area contributed by atoms with Crippen LogP contribution in [-0.2, 0) is 6.42 Å². The third kappa shape index (κ3) is 3.59. The van der Waals surface area contributed by atoms with Gasteiger partial charge in [0, 0.05) is 27.9 Å². The van der Waals surface area contributed by atoms with Gasteiger partial charge >= 0.3 is 0 Å². The van der Waals surface area contributed by atoms with E-state index < -0.39 is 0 Å². The molecule has 2 nitrogen and oxygen atoms in total. The Kier molecular flexibility index (Phi) is 4.48. The molecule has 21 heavy (non-hydrogen) atoms. The molecule has 0 amide bonds. The Morgan fingerprint density at radius 3 is 2.67 bits per heavy atom. The van der Waals surface area contributed by atoms with Crippen LogP contribution in [0.25, 0.3) is 11.3 Å². The number of thiazole rings is 1. The van der Waals surface area contributed by atoms with Crippen molar-refractivity contribution >= 4 is 27.3 Å². The molecule has 4 heteroatoms. The third-order valence-electron chi connectivity index (χ3n) is 3.29. The number of rotatable bonds is 4. The lowest BCUT2D eigenvalue weighted by Crippen LogP contribution is -2.13. The van der Waals surface area contributed by atoms with Gasteiger partial charge in [0.15, 0.2) is 0 Å². The van der Waals surface area contributed by atoms with E-state index in [9.17, 15) is 0 Å². The number of nitrogens with zero attached hydrogens (tertiary/aromatic N) is 1. The predicted octanol–water partition coefficient (Wildman–Crippen LogP) is 4.82. The van der Waals surface area contributed by atoms with Crippen LogP contribution in [0.2, 0.25) is 0 Å². The minimum atomic E-state index is -0.0303. The maximum atomic E-state index is 6.29. The number of nitrogens with two attached hydrogens (primary N) is 1.